The Morgan fingerprint density at radius 2 is 1.90 bits per heavy atom. The molecule has 0 radical (unpaired) electrons. The Morgan fingerprint density at radius 3 is 2.48 bits per heavy atom. The Hall–Kier alpha value is -1.14. The summed E-state index contributed by atoms with van der Waals surface area (Å²) in [5.41, 5.74) is -0.384. The van der Waals surface area contributed by atoms with Crippen molar-refractivity contribution in [1.82, 2.24) is 5.32 Å². The van der Waals surface area contributed by atoms with E-state index in [-0.39, 0.29) is 17.0 Å². The summed E-state index contributed by atoms with van der Waals surface area (Å²) in [6, 6.07) is 3.50. The summed E-state index contributed by atoms with van der Waals surface area (Å²) in [5.74, 6) is -1.97. The smallest absolute Gasteiger partial charge is 0.238 e. The van der Waals surface area contributed by atoms with Crippen molar-refractivity contribution in [3.63, 3.8) is 0 Å². The van der Waals surface area contributed by atoms with Crippen LogP contribution in [0.1, 0.15) is 25.7 Å². The van der Waals surface area contributed by atoms with Gasteiger partial charge in [-0.3, -0.25) is 4.79 Å². The van der Waals surface area contributed by atoms with Crippen LogP contribution in [0.25, 0.3) is 0 Å². The maximum Gasteiger partial charge on any atom is 0.238 e. The van der Waals surface area contributed by atoms with Gasteiger partial charge in [-0.15, -0.1) is 0 Å². The topological polar surface area (TPSA) is 41.1 Å². The van der Waals surface area contributed by atoms with Gasteiger partial charge in [0, 0.05) is 11.3 Å². The molecule has 1 aliphatic rings. The fraction of sp³-hybridized carbons (Fsp3) is 0.533. The average Bonchev–Trinajstić information content (AvgIpc) is 2.92. The highest BCUT2D eigenvalue weighted by Crippen LogP contribution is 2.39. The molecule has 1 aliphatic carbocycles. The van der Waals surface area contributed by atoms with Gasteiger partial charge in [0.1, 0.15) is 17.3 Å². The number of benzene rings is 1. The number of rotatable bonds is 6. The van der Waals surface area contributed by atoms with E-state index in [0.29, 0.717) is 0 Å². The first-order chi connectivity index (χ1) is 10.1. The molecule has 0 atom stereocenters. The van der Waals surface area contributed by atoms with Crippen molar-refractivity contribution in [3.05, 3.63) is 29.8 Å². The van der Waals surface area contributed by atoms with Crippen LogP contribution in [-0.4, -0.2) is 30.0 Å². The van der Waals surface area contributed by atoms with E-state index in [1.807, 2.05) is 11.8 Å². The molecule has 0 unspecified atom stereocenters. The second-order valence-corrected chi connectivity index (χ2v) is 6.62. The lowest BCUT2D eigenvalue weighted by molar-refractivity contribution is -0.115. The molecule has 116 valence electrons. The largest absolute Gasteiger partial charge is 0.320 e. The standard InChI is InChI=1S/C15H20F2N2OS/c1-21-15(7-2-3-8-15)10-18-9-13(20)19-14-11(16)5-4-6-12(14)17/h4-6,18H,2-3,7-10H2,1H3,(H,19,20). The number of carbonyl (C=O) groups is 1. The maximum absolute atomic E-state index is 13.4. The Balaban J connectivity index is 1.82. The molecule has 3 nitrogen and oxygen atoms in total. The molecule has 2 N–H and O–H groups in total. The zero-order chi connectivity index (χ0) is 15.3. The second kappa shape index (κ2) is 7.22. The number of hydrogen-bond donors (Lipinski definition) is 2. The minimum Gasteiger partial charge on any atom is -0.320 e. The molecule has 0 saturated heterocycles. The zero-order valence-corrected chi connectivity index (χ0v) is 12.9. The van der Waals surface area contributed by atoms with Crippen LogP contribution >= 0.6 is 11.8 Å². The number of nitrogens with one attached hydrogen (secondary N) is 2. The van der Waals surface area contributed by atoms with Crippen LogP contribution in [0, 0.1) is 11.6 Å². The lowest BCUT2D eigenvalue weighted by atomic mass is 10.1. The van der Waals surface area contributed by atoms with Crippen LogP contribution in [0.15, 0.2) is 18.2 Å². The number of para-hydroxylation sites is 1. The van der Waals surface area contributed by atoms with Gasteiger partial charge in [0.05, 0.1) is 6.54 Å². The highest BCUT2D eigenvalue weighted by molar-refractivity contribution is 8.00. The first-order valence-corrected chi connectivity index (χ1v) is 8.28. The Bertz CT molecular complexity index is 484. The van der Waals surface area contributed by atoms with E-state index >= 15 is 0 Å². The number of hydrogen-bond acceptors (Lipinski definition) is 3. The Kier molecular flexibility index (Phi) is 5.58. The van der Waals surface area contributed by atoms with Gasteiger partial charge in [0.25, 0.3) is 0 Å². The molecule has 1 aromatic carbocycles. The van der Waals surface area contributed by atoms with Crippen LogP contribution < -0.4 is 10.6 Å². The van der Waals surface area contributed by atoms with Gasteiger partial charge < -0.3 is 10.6 Å². The SMILES string of the molecule is CSC1(CNCC(=O)Nc2c(F)cccc2F)CCCC1. The molecular formula is C15H20F2N2OS. The molecule has 6 heteroatoms. The maximum atomic E-state index is 13.4. The van der Waals surface area contributed by atoms with E-state index in [2.05, 4.69) is 16.9 Å². The predicted octanol–water partition coefficient (Wildman–Crippen LogP) is 3.17. The molecule has 0 bridgehead atoms. The molecule has 1 saturated carbocycles. The summed E-state index contributed by atoms with van der Waals surface area (Å²) >= 11 is 1.83. The van der Waals surface area contributed by atoms with Crippen molar-refractivity contribution >= 4 is 23.4 Å². The summed E-state index contributed by atoms with van der Waals surface area (Å²) in [6.45, 7) is 0.789. The van der Waals surface area contributed by atoms with E-state index in [9.17, 15) is 13.6 Å². The van der Waals surface area contributed by atoms with Gasteiger partial charge in [0.2, 0.25) is 5.91 Å². The molecule has 0 spiro atoms. The second-order valence-electron chi connectivity index (χ2n) is 5.34. The Labute approximate surface area is 127 Å². The molecule has 0 aromatic heterocycles. The minimum absolute atomic E-state index is 0.0517. The number of thioether (sulfide) groups is 1. The van der Waals surface area contributed by atoms with Crippen LogP contribution in [0.4, 0.5) is 14.5 Å². The molecule has 2 rings (SSSR count). The van der Waals surface area contributed by atoms with Crippen LogP contribution in [0.2, 0.25) is 0 Å². The van der Waals surface area contributed by atoms with Gasteiger partial charge >= 0.3 is 0 Å². The molecule has 0 heterocycles. The summed E-state index contributed by atoms with van der Waals surface area (Å²) in [6.07, 6.45) is 6.81. The molecule has 0 aliphatic heterocycles. The van der Waals surface area contributed by atoms with Gasteiger partial charge in [0.15, 0.2) is 0 Å². The van der Waals surface area contributed by atoms with E-state index in [0.717, 1.165) is 31.5 Å². The normalized spacial score (nSPS) is 16.9. The van der Waals surface area contributed by atoms with Crippen LogP contribution in [-0.2, 0) is 4.79 Å². The van der Waals surface area contributed by atoms with Crippen molar-refractivity contribution < 1.29 is 13.6 Å². The van der Waals surface area contributed by atoms with Crippen molar-refractivity contribution in [2.75, 3.05) is 24.7 Å². The Morgan fingerprint density at radius 1 is 1.29 bits per heavy atom. The third-order valence-electron chi connectivity index (χ3n) is 3.91. The summed E-state index contributed by atoms with van der Waals surface area (Å²) < 4.78 is 27.0. The lowest BCUT2D eigenvalue weighted by Gasteiger charge is -2.26. The zero-order valence-electron chi connectivity index (χ0n) is 12.0. The molecule has 1 aromatic rings. The first kappa shape index (κ1) is 16.2. The third-order valence-corrected chi connectivity index (χ3v) is 5.33. The minimum atomic E-state index is -0.764. The molecule has 1 fully saturated rings. The molecule has 21 heavy (non-hydrogen) atoms. The highest BCUT2D eigenvalue weighted by Gasteiger charge is 2.32. The van der Waals surface area contributed by atoms with E-state index in [4.69, 9.17) is 0 Å². The number of halogens is 2. The third kappa shape index (κ3) is 4.17. The van der Waals surface area contributed by atoms with Gasteiger partial charge in [-0.1, -0.05) is 18.9 Å². The quantitative estimate of drug-likeness (QED) is 0.847. The predicted molar refractivity (Wildman–Crippen MR) is 82.6 cm³/mol. The summed E-state index contributed by atoms with van der Waals surface area (Å²) in [7, 11) is 0. The van der Waals surface area contributed by atoms with Crippen LogP contribution in [0.5, 0.6) is 0 Å². The lowest BCUT2D eigenvalue weighted by Crippen LogP contribution is -2.39. The fourth-order valence-corrected chi connectivity index (χ4v) is 3.62. The summed E-state index contributed by atoms with van der Waals surface area (Å²) in [5, 5.41) is 5.38. The van der Waals surface area contributed by atoms with Gasteiger partial charge in [-0.05, 0) is 31.2 Å². The fourth-order valence-electron chi connectivity index (χ4n) is 2.68. The van der Waals surface area contributed by atoms with Gasteiger partial charge in [-0.25, -0.2) is 8.78 Å². The van der Waals surface area contributed by atoms with Crippen molar-refractivity contribution in [3.8, 4) is 0 Å². The monoisotopic (exact) mass is 314 g/mol. The van der Waals surface area contributed by atoms with E-state index < -0.39 is 17.5 Å². The number of amides is 1. The molecule has 1 amide bonds. The van der Waals surface area contributed by atoms with Crippen molar-refractivity contribution in [2.45, 2.75) is 30.4 Å². The highest BCUT2D eigenvalue weighted by atomic mass is 32.2. The van der Waals surface area contributed by atoms with Crippen LogP contribution in [0.3, 0.4) is 0 Å². The summed E-state index contributed by atoms with van der Waals surface area (Å²) in [4.78, 5) is 11.8. The first-order valence-electron chi connectivity index (χ1n) is 7.06. The van der Waals surface area contributed by atoms with Gasteiger partial charge in [-0.2, -0.15) is 11.8 Å². The average molecular weight is 314 g/mol. The van der Waals surface area contributed by atoms with E-state index in [1.165, 1.54) is 18.9 Å². The molecular weight excluding hydrogens is 294 g/mol. The van der Waals surface area contributed by atoms with Crippen molar-refractivity contribution in [1.29, 1.82) is 0 Å². The number of anilines is 1. The van der Waals surface area contributed by atoms with Crippen molar-refractivity contribution in [2.24, 2.45) is 0 Å². The number of carbonyl (C=O) groups excluding carboxylic acids is 1. The van der Waals surface area contributed by atoms with E-state index in [1.54, 1.807) is 0 Å².